The van der Waals surface area contributed by atoms with Crippen molar-refractivity contribution in [1.29, 1.82) is 0 Å². The number of hydrogen-bond acceptors (Lipinski definition) is 1. The SMILES string of the molecule is C=CCOc1c(C(Cl)c2ccccc2)ccc(F)c1C. The quantitative estimate of drug-likeness (QED) is 0.554. The molecular formula is C17H16ClFO. The Morgan fingerprint density at radius 1 is 1.25 bits per heavy atom. The van der Waals surface area contributed by atoms with Crippen LogP contribution in [0.25, 0.3) is 0 Å². The van der Waals surface area contributed by atoms with E-state index in [1.54, 1.807) is 19.1 Å². The van der Waals surface area contributed by atoms with Crippen molar-refractivity contribution in [1.82, 2.24) is 0 Å². The molecule has 0 N–H and O–H groups in total. The van der Waals surface area contributed by atoms with Crippen molar-refractivity contribution in [2.45, 2.75) is 12.3 Å². The van der Waals surface area contributed by atoms with Gasteiger partial charge in [0.2, 0.25) is 0 Å². The highest BCUT2D eigenvalue weighted by Gasteiger charge is 2.19. The zero-order valence-electron chi connectivity index (χ0n) is 11.3. The maximum Gasteiger partial charge on any atom is 0.130 e. The van der Waals surface area contributed by atoms with Gasteiger partial charge in [0.15, 0.2) is 0 Å². The molecule has 2 aromatic rings. The van der Waals surface area contributed by atoms with Crippen LogP contribution in [0.3, 0.4) is 0 Å². The molecule has 1 nitrogen and oxygen atoms in total. The molecule has 0 saturated heterocycles. The van der Waals surface area contributed by atoms with Crippen molar-refractivity contribution in [3.63, 3.8) is 0 Å². The summed E-state index contributed by atoms with van der Waals surface area (Å²) in [6.45, 7) is 5.61. The first-order valence-electron chi connectivity index (χ1n) is 6.37. The first kappa shape index (κ1) is 14.6. The molecule has 104 valence electrons. The highest BCUT2D eigenvalue weighted by atomic mass is 35.5. The monoisotopic (exact) mass is 290 g/mol. The molecule has 0 aliphatic rings. The Hall–Kier alpha value is -1.80. The molecule has 0 fully saturated rings. The van der Waals surface area contributed by atoms with Gasteiger partial charge in [-0.2, -0.15) is 0 Å². The standard InChI is InChI=1S/C17H16ClFO/c1-3-11-20-17-12(2)15(19)10-9-14(17)16(18)13-7-5-4-6-8-13/h3-10,16H,1,11H2,2H3. The van der Waals surface area contributed by atoms with Crippen molar-refractivity contribution in [2.75, 3.05) is 6.61 Å². The van der Waals surface area contributed by atoms with E-state index in [2.05, 4.69) is 6.58 Å². The van der Waals surface area contributed by atoms with E-state index >= 15 is 0 Å². The highest BCUT2D eigenvalue weighted by Crippen LogP contribution is 2.37. The minimum atomic E-state index is -0.379. The van der Waals surface area contributed by atoms with E-state index in [4.69, 9.17) is 16.3 Å². The summed E-state index contributed by atoms with van der Waals surface area (Å²) in [6.07, 6.45) is 1.62. The van der Waals surface area contributed by atoms with E-state index in [9.17, 15) is 4.39 Å². The average Bonchev–Trinajstić information content (AvgIpc) is 2.49. The molecule has 0 amide bonds. The van der Waals surface area contributed by atoms with Gasteiger partial charge in [-0.1, -0.05) is 49.1 Å². The second kappa shape index (κ2) is 6.58. The lowest BCUT2D eigenvalue weighted by atomic mass is 10.0. The Balaban J connectivity index is 2.45. The molecule has 3 heteroatoms. The Bertz CT molecular complexity index is 595. The number of halogens is 2. The largest absolute Gasteiger partial charge is 0.489 e. The Kier molecular flexibility index (Phi) is 4.80. The Labute approximate surface area is 123 Å². The number of hydrogen-bond donors (Lipinski definition) is 0. The predicted octanol–water partition coefficient (Wildman–Crippen LogP) is 5.03. The van der Waals surface area contributed by atoms with Crippen LogP contribution in [-0.2, 0) is 0 Å². The summed E-state index contributed by atoms with van der Waals surface area (Å²) >= 11 is 6.51. The minimum Gasteiger partial charge on any atom is -0.489 e. The van der Waals surface area contributed by atoms with E-state index in [-0.39, 0.29) is 11.2 Å². The van der Waals surface area contributed by atoms with Gasteiger partial charge >= 0.3 is 0 Å². The third-order valence-corrected chi connectivity index (χ3v) is 3.57. The number of ether oxygens (including phenoxy) is 1. The van der Waals surface area contributed by atoms with E-state index in [1.807, 2.05) is 30.3 Å². The molecule has 0 aliphatic heterocycles. The van der Waals surface area contributed by atoms with Gasteiger partial charge in [-0.05, 0) is 18.6 Å². The summed E-state index contributed by atoms with van der Waals surface area (Å²) in [4.78, 5) is 0. The van der Waals surface area contributed by atoms with E-state index in [1.165, 1.54) is 6.07 Å². The number of alkyl halides is 1. The first-order chi connectivity index (χ1) is 9.65. The minimum absolute atomic E-state index is 0.301. The van der Waals surface area contributed by atoms with Gasteiger partial charge in [-0.15, -0.1) is 11.6 Å². The normalized spacial score (nSPS) is 11.9. The fourth-order valence-corrected chi connectivity index (χ4v) is 2.34. The number of benzene rings is 2. The van der Waals surface area contributed by atoms with Crippen LogP contribution in [0, 0.1) is 12.7 Å². The summed E-state index contributed by atoms with van der Waals surface area (Å²) in [5, 5.41) is -0.379. The summed E-state index contributed by atoms with van der Waals surface area (Å²) < 4.78 is 19.3. The molecule has 2 aromatic carbocycles. The van der Waals surface area contributed by atoms with Gasteiger partial charge in [0.25, 0.3) is 0 Å². The highest BCUT2D eigenvalue weighted by molar-refractivity contribution is 6.22. The molecule has 0 aromatic heterocycles. The first-order valence-corrected chi connectivity index (χ1v) is 6.80. The lowest BCUT2D eigenvalue weighted by Crippen LogP contribution is -2.04. The smallest absolute Gasteiger partial charge is 0.130 e. The maximum absolute atomic E-state index is 13.7. The molecule has 0 spiro atoms. The van der Waals surface area contributed by atoms with Crippen LogP contribution in [0.5, 0.6) is 5.75 Å². The van der Waals surface area contributed by atoms with Crippen molar-refractivity contribution >= 4 is 11.6 Å². The van der Waals surface area contributed by atoms with Crippen LogP contribution in [0.2, 0.25) is 0 Å². The molecule has 0 aliphatic carbocycles. The van der Waals surface area contributed by atoms with Crippen LogP contribution >= 0.6 is 11.6 Å². The van der Waals surface area contributed by atoms with E-state index in [0.29, 0.717) is 17.9 Å². The Morgan fingerprint density at radius 2 is 1.95 bits per heavy atom. The molecule has 1 unspecified atom stereocenters. The maximum atomic E-state index is 13.7. The summed E-state index contributed by atoms with van der Waals surface area (Å²) in [5.74, 6) is 0.193. The molecule has 0 bridgehead atoms. The average molecular weight is 291 g/mol. The van der Waals surface area contributed by atoms with Crippen LogP contribution in [0.15, 0.2) is 55.1 Å². The second-order valence-corrected chi connectivity index (χ2v) is 4.90. The van der Waals surface area contributed by atoms with Crippen molar-refractivity contribution in [2.24, 2.45) is 0 Å². The van der Waals surface area contributed by atoms with Gasteiger partial charge in [0.1, 0.15) is 18.2 Å². The lowest BCUT2D eigenvalue weighted by Gasteiger charge is -2.18. The van der Waals surface area contributed by atoms with Gasteiger partial charge in [0, 0.05) is 11.1 Å². The van der Waals surface area contributed by atoms with Crippen molar-refractivity contribution in [3.8, 4) is 5.75 Å². The third kappa shape index (κ3) is 3.02. The summed E-state index contributed by atoms with van der Waals surface area (Å²) in [6, 6.07) is 12.7. The molecule has 0 saturated carbocycles. The fraction of sp³-hybridized carbons (Fsp3) is 0.176. The predicted molar refractivity (Wildman–Crippen MR) is 81.0 cm³/mol. The van der Waals surface area contributed by atoms with Crippen molar-refractivity contribution < 1.29 is 9.13 Å². The van der Waals surface area contributed by atoms with Gasteiger partial charge < -0.3 is 4.74 Å². The van der Waals surface area contributed by atoms with Crippen LogP contribution in [0.1, 0.15) is 22.1 Å². The van der Waals surface area contributed by atoms with Crippen LogP contribution < -0.4 is 4.74 Å². The topological polar surface area (TPSA) is 9.23 Å². The molecule has 20 heavy (non-hydrogen) atoms. The van der Waals surface area contributed by atoms with Gasteiger partial charge in [0.05, 0.1) is 5.38 Å². The number of rotatable bonds is 5. The van der Waals surface area contributed by atoms with Crippen LogP contribution in [0.4, 0.5) is 4.39 Å². The summed E-state index contributed by atoms with van der Waals surface area (Å²) in [7, 11) is 0. The summed E-state index contributed by atoms with van der Waals surface area (Å²) in [5.41, 5.74) is 2.17. The van der Waals surface area contributed by atoms with Crippen LogP contribution in [-0.4, -0.2) is 6.61 Å². The van der Waals surface area contributed by atoms with Crippen molar-refractivity contribution in [3.05, 3.63) is 77.6 Å². The zero-order chi connectivity index (χ0) is 14.5. The fourth-order valence-electron chi connectivity index (χ4n) is 2.02. The second-order valence-electron chi connectivity index (χ2n) is 4.46. The zero-order valence-corrected chi connectivity index (χ0v) is 12.0. The molecule has 2 rings (SSSR count). The third-order valence-electron chi connectivity index (χ3n) is 3.08. The molecule has 0 heterocycles. The molecular weight excluding hydrogens is 275 g/mol. The van der Waals surface area contributed by atoms with E-state index in [0.717, 1.165) is 11.1 Å². The van der Waals surface area contributed by atoms with Gasteiger partial charge in [-0.25, -0.2) is 4.39 Å². The molecule has 1 atom stereocenters. The van der Waals surface area contributed by atoms with E-state index < -0.39 is 0 Å². The van der Waals surface area contributed by atoms with Gasteiger partial charge in [-0.3, -0.25) is 0 Å². The lowest BCUT2D eigenvalue weighted by molar-refractivity contribution is 0.354. The Morgan fingerprint density at radius 3 is 2.60 bits per heavy atom. The molecule has 0 radical (unpaired) electrons.